The van der Waals surface area contributed by atoms with E-state index in [1.54, 1.807) is 12.1 Å². The van der Waals surface area contributed by atoms with Crippen LogP contribution in [0.5, 0.6) is 5.75 Å². The standard InChI is InChI=1S/C18H17Cl2N3O3S/c1-2-11-3-5-15(6-4-11)26-10-16(24)22-23-18(27)21-17(25)12-7-13(19)9-14(20)8-12/h3-9H,2,10H2,1H3,(H,22,24)(H2,21,23,25,27). The highest BCUT2D eigenvalue weighted by atomic mass is 35.5. The van der Waals surface area contributed by atoms with E-state index in [-0.39, 0.29) is 17.3 Å². The Morgan fingerprint density at radius 1 is 1.04 bits per heavy atom. The number of hydrazine groups is 1. The highest BCUT2D eigenvalue weighted by Gasteiger charge is 2.10. The Hall–Kier alpha value is -2.35. The van der Waals surface area contributed by atoms with Gasteiger partial charge in [0, 0.05) is 15.6 Å². The van der Waals surface area contributed by atoms with Gasteiger partial charge in [-0.15, -0.1) is 0 Å². The molecular weight excluding hydrogens is 409 g/mol. The van der Waals surface area contributed by atoms with Gasteiger partial charge in [-0.25, -0.2) is 0 Å². The number of hydrogen-bond acceptors (Lipinski definition) is 4. The van der Waals surface area contributed by atoms with E-state index in [0.29, 0.717) is 15.8 Å². The number of thiocarbonyl (C=S) groups is 1. The maximum absolute atomic E-state index is 12.1. The first kappa shape index (κ1) is 21.0. The molecule has 0 spiro atoms. The molecule has 142 valence electrons. The fourth-order valence-corrected chi connectivity index (χ4v) is 2.69. The van der Waals surface area contributed by atoms with Crippen LogP contribution in [0.25, 0.3) is 0 Å². The van der Waals surface area contributed by atoms with Crippen LogP contribution in [0.2, 0.25) is 10.0 Å². The van der Waals surface area contributed by atoms with E-state index < -0.39 is 11.8 Å². The number of halogens is 2. The third kappa shape index (κ3) is 7.05. The number of carbonyl (C=O) groups excluding carboxylic acids is 2. The Kier molecular flexibility index (Phi) is 7.84. The van der Waals surface area contributed by atoms with Crippen LogP contribution in [0, 0.1) is 0 Å². The van der Waals surface area contributed by atoms with Crippen molar-refractivity contribution in [2.75, 3.05) is 6.61 Å². The van der Waals surface area contributed by atoms with Crippen LogP contribution in [-0.4, -0.2) is 23.5 Å². The van der Waals surface area contributed by atoms with Crippen molar-refractivity contribution in [3.05, 3.63) is 63.6 Å². The summed E-state index contributed by atoms with van der Waals surface area (Å²) >= 11 is 16.7. The van der Waals surface area contributed by atoms with Gasteiger partial charge in [0.25, 0.3) is 11.8 Å². The van der Waals surface area contributed by atoms with Crippen LogP contribution in [0.4, 0.5) is 0 Å². The van der Waals surface area contributed by atoms with E-state index in [4.69, 9.17) is 40.2 Å². The first-order valence-corrected chi connectivity index (χ1v) is 9.11. The largest absolute Gasteiger partial charge is 0.484 e. The zero-order valence-electron chi connectivity index (χ0n) is 14.3. The maximum atomic E-state index is 12.1. The smallest absolute Gasteiger partial charge is 0.276 e. The van der Waals surface area contributed by atoms with Gasteiger partial charge in [-0.1, -0.05) is 42.3 Å². The summed E-state index contributed by atoms with van der Waals surface area (Å²) in [7, 11) is 0. The molecule has 0 radical (unpaired) electrons. The zero-order chi connectivity index (χ0) is 19.8. The average molecular weight is 426 g/mol. The molecule has 0 fully saturated rings. The van der Waals surface area contributed by atoms with Crippen LogP contribution in [0.3, 0.4) is 0 Å². The first-order valence-electron chi connectivity index (χ1n) is 7.95. The third-order valence-corrected chi connectivity index (χ3v) is 4.01. The summed E-state index contributed by atoms with van der Waals surface area (Å²) in [6, 6.07) is 11.8. The second-order valence-corrected chi connectivity index (χ2v) is 6.68. The molecule has 9 heteroatoms. The van der Waals surface area contributed by atoms with Gasteiger partial charge in [0.05, 0.1) is 0 Å². The third-order valence-electron chi connectivity index (χ3n) is 3.37. The Labute approximate surface area is 172 Å². The van der Waals surface area contributed by atoms with Crippen molar-refractivity contribution in [1.29, 1.82) is 0 Å². The summed E-state index contributed by atoms with van der Waals surface area (Å²) in [5.74, 6) is -0.397. The highest BCUT2D eigenvalue weighted by molar-refractivity contribution is 7.80. The number of rotatable bonds is 5. The summed E-state index contributed by atoms with van der Waals surface area (Å²) in [6.45, 7) is 1.84. The number of amides is 2. The Morgan fingerprint density at radius 2 is 1.67 bits per heavy atom. The molecule has 0 saturated carbocycles. The maximum Gasteiger partial charge on any atom is 0.276 e. The van der Waals surface area contributed by atoms with Gasteiger partial charge >= 0.3 is 0 Å². The molecule has 0 aliphatic carbocycles. The fraction of sp³-hybridized carbons (Fsp3) is 0.167. The molecule has 27 heavy (non-hydrogen) atoms. The molecule has 0 aromatic heterocycles. The van der Waals surface area contributed by atoms with Crippen LogP contribution in [-0.2, 0) is 11.2 Å². The monoisotopic (exact) mass is 425 g/mol. The van der Waals surface area contributed by atoms with Crippen molar-refractivity contribution in [3.8, 4) is 5.75 Å². The number of aryl methyl sites for hydroxylation is 1. The number of ether oxygens (including phenoxy) is 1. The van der Waals surface area contributed by atoms with Gasteiger partial charge in [0.2, 0.25) is 0 Å². The second kappa shape index (κ2) is 10.1. The Bertz CT molecular complexity index is 824. The number of nitrogens with one attached hydrogen (secondary N) is 3. The van der Waals surface area contributed by atoms with Crippen molar-refractivity contribution >= 4 is 52.3 Å². The summed E-state index contributed by atoms with van der Waals surface area (Å²) in [5, 5.41) is 2.96. The molecule has 0 heterocycles. The normalized spacial score (nSPS) is 10.0. The molecule has 2 aromatic rings. The molecule has 2 aromatic carbocycles. The highest BCUT2D eigenvalue weighted by Crippen LogP contribution is 2.18. The molecule has 0 aliphatic rings. The van der Waals surface area contributed by atoms with Crippen LogP contribution >= 0.6 is 35.4 Å². The molecule has 0 bridgehead atoms. The van der Waals surface area contributed by atoms with Gasteiger partial charge in [-0.2, -0.15) is 0 Å². The van der Waals surface area contributed by atoms with E-state index in [1.165, 1.54) is 23.8 Å². The van der Waals surface area contributed by atoms with Crippen molar-refractivity contribution in [2.24, 2.45) is 0 Å². The molecule has 0 aliphatic heterocycles. The SMILES string of the molecule is CCc1ccc(OCC(=O)NNC(=S)NC(=O)c2cc(Cl)cc(Cl)c2)cc1. The van der Waals surface area contributed by atoms with Crippen molar-refractivity contribution in [3.63, 3.8) is 0 Å². The van der Waals surface area contributed by atoms with Crippen molar-refractivity contribution in [1.82, 2.24) is 16.2 Å². The molecular formula is C18H17Cl2N3O3S. The van der Waals surface area contributed by atoms with Crippen molar-refractivity contribution < 1.29 is 14.3 Å². The Morgan fingerprint density at radius 3 is 2.26 bits per heavy atom. The van der Waals surface area contributed by atoms with Gasteiger partial charge in [-0.05, 0) is 54.5 Å². The molecule has 2 amide bonds. The second-order valence-electron chi connectivity index (χ2n) is 5.40. The molecule has 0 unspecified atom stereocenters. The lowest BCUT2D eigenvalue weighted by atomic mass is 10.2. The number of carbonyl (C=O) groups is 2. The summed E-state index contributed by atoms with van der Waals surface area (Å²) in [4.78, 5) is 23.9. The predicted octanol–water partition coefficient (Wildman–Crippen LogP) is 3.27. The van der Waals surface area contributed by atoms with E-state index in [2.05, 4.69) is 23.1 Å². The van der Waals surface area contributed by atoms with E-state index in [1.807, 2.05) is 12.1 Å². The topological polar surface area (TPSA) is 79.5 Å². The minimum atomic E-state index is -0.515. The quantitative estimate of drug-likeness (QED) is 0.505. The fourth-order valence-electron chi connectivity index (χ4n) is 2.02. The minimum Gasteiger partial charge on any atom is -0.484 e. The number of benzene rings is 2. The van der Waals surface area contributed by atoms with Gasteiger partial charge < -0.3 is 4.74 Å². The van der Waals surface area contributed by atoms with E-state index in [0.717, 1.165) is 6.42 Å². The lowest BCUT2D eigenvalue weighted by molar-refractivity contribution is -0.123. The van der Waals surface area contributed by atoms with Gasteiger partial charge in [0.15, 0.2) is 11.7 Å². The lowest BCUT2D eigenvalue weighted by Crippen LogP contribution is -2.49. The van der Waals surface area contributed by atoms with Crippen molar-refractivity contribution in [2.45, 2.75) is 13.3 Å². The van der Waals surface area contributed by atoms with Crippen LogP contribution < -0.4 is 20.9 Å². The summed E-state index contributed by atoms with van der Waals surface area (Å²) < 4.78 is 5.36. The van der Waals surface area contributed by atoms with Crippen LogP contribution in [0.1, 0.15) is 22.8 Å². The Balaban J connectivity index is 1.75. The van der Waals surface area contributed by atoms with E-state index >= 15 is 0 Å². The van der Waals surface area contributed by atoms with Gasteiger partial charge in [0.1, 0.15) is 5.75 Å². The zero-order valence-corrected chi connectivity index (χ0v) is 16.7. The summed E-state index contributed by atoms with van der Waals surface area (Å²) in [5.41, 5.74) is 6.17. The first-order chi connectivity index (χ1) is 12.9. The molecule has 0 atom stereocenters. The average Bonchev–Trinajstić information content (AvgIpc) is 2.64. The molecule has 2 rings (SSSR count). The molecule has 6 nitrogen and oxygen atoms in total. The van der Waals surface area contributed by atoms with Gasteiger partial charge in [-0.3, -0.25) is 25.8 Å². The molecule has 3 N–H and O–H groups in total. The molecule has 0 saturated heterocycles. The predicted molar refractivity (Wildman–Crippen MR) is 109 cm³/mol. The minimum absolute atomic E-state index is 0.0863. The lowest BCUT2D eigenvalue weighted by Gasteiger charge is -2.12. The van der Waals surface area contributed by atoms with Crippen LogP contribution in [0.15, 0.2) is 42.5 Å². The summed E-state index contributed by atoms with van der Waals surface area (Å²) in [6.07, 6.45) is 0.926. The van der Waals surface area contributed by atoms with E-state index in [9.17, 15) is 9.59 Å². The number of hydrogen-bond donors (Lipinski definition) is 3.